The summed E-state index contributed by atoms with van der Waals surface area (Å²) < 4.78 is 0. The standard InChI is InChI=1S/C25H37NS/c1-24(2,3)22-12-13-23(26-18-22)19-8-10-20(11-9-19)25(4,5)21-14-16-27(6,7)17-15-21/h8-13,18,21H,14-17H2,1-7H3. The van der Waals surface area contributed by atoms with E-state index >= 15 is 0 Å². The molecule has 0 radical (unpaired) electrons. The molecule has 0 bridgehead atoms. The number of hydrogen-bond donors (Lipinski definition) is 0. The first-order valence-corrected chi connectivity index (χ1v) is 13.0. The van der Waals surface area contributed by atoms with E-state index in [-0.39, 0.29) is 20.9 Å². The highest BCUT2D eigenvalue weighted by Gasteiger charge is 2.35. The molecule has 0 spiro atoms. The average molecular weight is 384 g/mol. The van der Waals surface area contributed by atoms with E-state index in [2.05, 4.69) is 83.5 Å². The Kier molecular flexibility index (Phi) is 5.51. The van der Waals surface area contributed by atoms with Crippen LogP contribution in [0.1, 0.15) is 58.6 Å². The van der Waals surface area contributed by atoms with Gasteiger partial charge in [0.2, 0.25) is 0 Å². The molecule has 1 nitrogen and oxygen atoms in total. The largest absolute Gasteiger partial charge is 0.256 e. The monoisotopic (exact) mass is 383 g/mol. The van der Waals surface area contributed by atoms with Gasteiger partial charge < -0.3 is 0 Å². The number of rotatable bonds is 3. The molecule has 0 aliphatic carbocycles. The second kappa shape index (κ2) is 7.28. The summed E-state index contributed by atoms with van der Waals surface area (Å²) in [6.07, 6.45) is 9.80. The molecule has 0 saturated carbocycles. The predicted molar refractivity (Wildman–Crippen MR) is 123 cm³/mol. The lowest BCUT2D eigenvalue weighted by atomic mass is 9.71. The molecule has 2 heteroatoms. The summed E-state index contributed by atoms with van der Waals surface area (Å²) >= 11 is 0. The number of benzene rings is 1. The Morgan fingerprint density at radius 2 is 1.37 bits per heavy atom. The molecule has 0 atom stereocenters. The summed E-state index contributed by atoms with van der Waals surface area (Å²) in [6.45, 7) is 11.6. The molecule has 0 N–H and O–H groups in total. The third-order valence-electron chi connectivity index (χ3n) is 6.61. The van der Waals surface area contributed by atoms with E-state index in [4.69, 9.17) is 4.98 Å². The van der Waals surface area contributed by atoms with Gasteiger partial charge in [-0.3, -0.25) is 4.98 Å². The first-order chi connectivity index (χ1) is 12.5. The summed E-state index contributed by atoms with van der Waals surface area (Å²) in [4.78, 5) is 4.72. The van der Waals surface area contributed by atoms with Gasteiger partial charge in [0.05, 0.1) is 5.69 Å². The summed E-state index contributed by atoms with van der Waals surface area (Å²) in [5, 5.41) is 0. The van der Waals surface area contributed by atoms with Crippen LogP contribution in [0.2, 0.25) is 0 Å². The number of aromatic nitrogens is 1. The summed E-state index contributed by atoms with van der Waals surface area (Å²) in [6, 6.07) is 13.6. The van der Waals surface area contributed by atoms with Crippen molar-refractivity contribution in [3.8, 4) is 11.3 Å². The van der Waals surface area contributed by atoms with Crippen molar-refractivity contribution < 1.29 is 0 Å². The fourth-order valence-corrected chi connectivity index (χ4v) is 6.25. The maximum absolute atomic E-state index is 4.72. The van der Waals surface area contributed by atoms with Crippen LogP contribution >= 0.6 is 10.0 Å². The second-order valence-electron chi connectivity index (χ2n) is 10.4. The zero-order valence-electron chi connectivity index (χ0n) is 18.3. The summed E-state index contributed by atoms with van der Waals surface area (Å²) in [5.41, 5.74) is 5.43. The SMILES string of the molecule is CC(C)(C)c1ccc(-c2ccc(C(C)(C)C3CCS(C)(C)CC3)cc2)nc1. The Balaban J connectivity index is 1.76. The van der Waals surface area contributed by atoms with E-state index in [0.717, 1.165) is 11.6 Å². The van der Waals surface area contributed by atoms with Crippen molar-refractivity contribution in [2.45, 2.75) is 58.3 Å². The highest BCUT2D eigenvalue weighted by molar-refractivity contribution is 8.32. The second-order valence-corrected chi connectivity index (χ2v) is 14.8. The van der Waals surface area contributed by atoms with Gasteiger partial charge in [0.1, 0.15) is 0 Å². The first kappa shape index (κ1) is 20.5. The lowest BCUT2D eigenvalue weighted by Gasteiger charge is -2.45. The number of pyridine rings is 1. The molecule has 2 heterocycles. The van der Waals surface area contributed by atoms with Crippen LogP contribution in [-0.4, -0.2) is 29.0 Å². The van der Waals surface area contributed by atoms with Gasteiger partial charge in [-0.15, -0.1) is 0 Å². The van der Waals surface area contributed by atoms with Crippen LogP contribution in [0.5, 0.6) is 0 Å². The summed E-state index contributed by atoms with van der Waals surface area (Å²) in [5.74, 6) is 3.67. The lowest BCUT2D eigenvalue weighted by Crippen LogP contribution is -2.34. The molecular weight excluding hydrogens is 346 g/mol. The highest BCUT2D eigenvalue weighted by Crippen LogP contribution is 2.51. The Hall–Kier alpha value is -1.28. The van der Waals surface area contributed by atoms with Gasteiger partial charge in [-0.1, -0.05) is 65.0 Å². The van der Waals surface area contributed by atoms with E-state index in [1.165, 1.54) is 41.0 Å². The molecule has 148 valence electrons. The van der Waals surface area contributed by atoms with Crippen molar-refractivity contribution in [1.82, 2.24) is 4.98 Å². The molecule has 1 aromatic carbocycles. The molecule has 0 amide bonds. The normalized spacial score (nSPS) is 19.7. The van der Waals surface area contributed by atoms with Crippen LogP contribution in [0, 0.1) is 5.92 Å². The van der Waals surface area contributed by atoms with Gasteiger partial charge in [0.15, 0.2) is 0 Å². The van der Waals surface area contributed by atoms with Gasteiger partial charge in [-0.05, 0) is 70.8 Å². The van der Waals surface area contributed by atoms with Crippen LogP contribution < -0.4 is 0 Å². The molecule has 2 aromatic rings. The van der Waals surface area contributed by atoms with Gasteiger partial charge in [-0.25, -0.2) is 10.0 Å². The minimum Gasteiger partial charge on any atom is -0.256 e. The third-order valence-corrected chi connectivity index (χ3v) is 9.29. The van der Waals surface area contributed by atoms with Crippen molar-refractivity contribution in [3.05, 3.63) is 53.7 Å². The van der Waals surface area contributed by atoms with Gasteiger partial charge in [0, 0.05) is 11.8 Å². The van der Waals surface area contributed by atoms with Gasteiger partial charge in [0.25, 0.3) is 0 Å². The Morgan fingerprint density at radius 3 is 1.85 bits per heavy atom. The quantitative estimate of drug-likeness (QED) is 0.568. The zero-order chi connectivity index (χ0) is 19.9. The number of hydrogen-bond acceptors (Lipinski definition) is 1. The van der Waals surface area contributed by atoms with Crippen LogP contribution in [0.15, 0.2) is 42.6 Å². The van der Waals surface area contributed by atoms with Gasteiger partial charge in [-0.2, -0.15) is 0 Å². The first-order valence-electron chi connectivity index (χ1n) is 10.3. The molecule has 1 saturated heterocycles. The van der Waals surface area contributed by atoms with E-state index in [1.54, 1.807) is 0 Å². The van der Waals surface area contributed by atoms with Crippen LogP contribution in [0.4, 0.5) is 0 Å². The Morgan fingerprint density at radius 1 is 0.815 bits per heavy atom. The van der Waals surface area contributed by atoms with E-state index in [1.807, 2.05) is 6.20 Å². The van der Waals surface area contributed by atoms with Crippen molar-refractivity contribution in [2.24, 2.45) is 5.92 Å². The number of nitrogens with zero attached hydrogens (tertiary/aromatic N) is 1. The Bertz CT molecular complexity index is 753. The average Bonchev–Trinajstić information content (AvgIpc) is 2.61. The minimum atomic E-state index is -0.323. The minimum absolute atomic E-state index is 0.148. The maximum atomic E-state index is 4.72. The van der Waals surface area contributed by atoms with Crippen molar-refractivity contribution in [2.75, 3.05) is 24.0 Å². The molecule has 1 aliphatic rings. The molecule has 1 fully saturated rings. The van der Waals surface area contributed by atoms with Crippen molar-refractivity contribution in [3.63, 3.8) is 0 Å². The molecule has 27 heavy (non-hydrogen) atoms. The van der Waals surface area contributed by atoms with E-state index < -0.39 is 0 Å². The van der Waals surface area contributed by atoms with Crippen molar-refractivity contribution in [1.29, 1.82) is 0 Å². The smallest absolute Gasteiger partial charge is 0.0702 e. The Labute approximate surface area is 168 Å². The maximum Gasteiger partial charge on any atom is 0.0702 e. The van der Waals surface area contributed by atoms with Crippen LogP contribution in [0.25, 0.3) is 11.3 Å². The molecule has 3 rings (SSSR count). The van der Waals surface area contributed by atoms with Gasteiger partial charge >= 0.3 is 0 Å². The highest BCUT2D eigenvalue weighted by atomic mass is 32.3. The van der Waals surface area contributed by atoms with Crippen molar-refractivity contribution >= 4 is 10.0 Å². The topological polar surface area (TPSA) is 12.9 Å². The molecular formula is C25H37NS. The third kappa shape index (κ3) is 4.59. The van der Waals surface area contributed by atoms with Crippen LogP contribution in [0.3, 0.4) is 0 Å². The predicted octanol–water partition coefficient (Wildman–Crippen LogP) is 6.80. The van der Waals surface area contributed by atoms with E-state index in [0.29, 0.717) is 0 Å². The fraction of sp³-hybridized carbons (Fsp3) is 0.560. The zero-order valence-corrected chi connectivity index (χ0v) is 19.1. The van der Waals surface area contributed by atoms with E-state index in [9.17, 15) is 0 Å². The fourth-order valence-electron chi connectivity index (χ4n) is 4.21. The lowest BCUT2D eigenvalue weighted by molar-refractivity contribution is 0.296. The summed E-state index contributed by atoms with van der Waals surface area (Å²) in [7, 11) is -0.323. The molecule has 1 aliphatic heterocycles. The van der Waals surface area contributed by atoms with Crippen LogP contribution in [-0.2, 0) is 10.8 Å². The molecule has 1 aromatic heterocycles. The molecule has 0 unspecified atom stereocenters.